The van der Waals surface area contributed by atoms with Crippen molar-refractivity contribution < 1.29 is 14.7 Å². The molecule has 84 valence electrons. The minimum Gasteiger partial charge on any atom is -0.475 e. The molecule has 1 aromatic carbocycles. The fourth-order valence-electron chi connectivity index (χ4n) is 2.26. The Bertz CT molecular complexity index is 448. The molecule has 1 atom stereocenters. The van der Waals surface area contributed by atoms with E-state index in [0.717, 1.165) is 24.8 Å². The lowest BCUT2D eigenvalue weighted by molar-refractivity contribution is -0.131. The van der Waals surface area contributed by atoms with Gasteiger partial charge in [0.15, 0.2) is 0 Å². The Balaban J connectivity index is 2.29. The summed E-state index contributed by atoms with van der Waals surface area (Å²) in [4.78, 5) is 21.9. The number of hydrogen-bond donors (Lipinski definition) is 1. The van der Waals surface area contributed by atoms with Crippen LogP contribution >= 0.6 is 0 Å². The standard InChI is InChI=1S/C13H14O3/c1-2-8-5-9-3-4-10(7-11(9)6-8)12(14)13(15)16/h3-4,7-8H,2,5-6H2,1H3,(H,15,16)/t8-/m0/s1. The Hall–Kier alpha value is -1.64. The summed E-state index contributed by atoms with van der Waals surface area (Å²) < 4.78 is 0. The number of carbonyl (C=O) groups is 2. The summed E-state index contributed by atoms with van der Waals surface area (Å²) in [5.74, 6) is -1.56. The lowest BCUT2D eigenvalue weighted by Crippen LogP contribution is -2.12. The van der Waals surface area contributed by atoms with Crippen LogP contribution in [0.2, 0.25) is 0 Å². The van der Waals surface area contributed by atoms with Gasteiger partial charge in [-0.3, -0.25) is 4.79 Å². The molecule has 0 bridgehead atoms. The number of ketones is 1. The van der Waals surface area contributed by atoms with E-state index >= 15 is 0 Å². The van der Waals surface area contributed by atoms with Crippen LogP contribution in [0.4, 0.5) is 0 Å². The average Bonchev–Trinajstić information content (AvgIpc) is 2.69. The van der Waals surface area contributed by atoms with E-state index in [4.69, 9.17) is 5.11 Å². The molecular formula is C13H14O3. The maximum atomic E-state index is 11.3. The van der Waals surface area contributed by atoms with Crippen molar-refractivity contribution in [2.75, 3.05) is 0 Å². The minimum atomic E-state index is -1.38. The number of aliphatic carboxylic acids is 1. The van der Waals surface area contributed by atoms with Gasteiger partial charge in [-0.15, -0.1) is 0 Å². The minimum absolute atomic E-state index is 0.294. The van der Waals surface area contributed by atoms with Crippen LogP contribution in [-0.4, -0.2) is 16.9 Å². The number of carboxylic acid groups (broad SMARTS) is 1. The lowest BCUT2D eigenvalue weighted by atomic mass is 10.0. The molecule has 2 rings (SSSR count). The van der Waals surface area contributed by atoms with Gasteiger partial charge in [0.25, 0.3) is 5.78 Å². The molecule has 3 nitrogen and oxygen atoms in total. The number of rotatable bonds is 3. The second-order valence-electron chi connectivity index (χ2n) is 4.30. The molecule has 0 heterocycles. The second-order valence-corrected chi connectivity index (χ2v) is 4.30. The molecule has 0 saturated carbocycles. The molecule has 0 saturated heterocycles. The van der Waals surface area contributed by atoms with E-state index in [2.05, 4.69) is 6.92 Å². The van der Waals surface area contributed by atoms with Crippen LogP contribution in [-0.2, 0) is 17.6 Å². The Morgan fingerprint density at radius 3 is 2.62 bits per heavy atom. The highest BCUT2D eigenvalue weighted by Crippen LogP contribution is 2.29. The Morgan fingerprint density at radius 1 is 1.31 bits per heavy atom. The van der Waals surface area contributed by atoms with Gasteiger partial charge in [-0.25, -0.2) is 4.79 Å². The Morgan fingerprint density at radius 2 is 2.00 bits per heavy atom. The summed E-state index contributed by atoms with van der Waals surface area (Å²) in [5, 5.41) is 8.63. The number of benzene rings is 1. The summed E-state index contributed by atoms with van der Waals surface area (Å²) in [5.41, 5.74) is 2.69. The number of hydrogen-bond acceptors (Lipinski definition) is 2. The van der Waals surface area contributed by atoms with Crippen LogP contribution in [0.25, 0.3) is 0 Å². The molecule has 1 aliphatic rings. The number of carboxylic acids is 1. The van der Waals surface area contributed by atoms with Crippen LogP contribution in [0.5, 0.6) is 0 Å². The predicted octanol–water partition coefficient (Wildman–Crippen LogP) is 2.08. The molecule has 1 aliphatic carbocycles. The van der Waals surface area contributed by atoms with Gasteiger partial charge in [-0.05, 0) is 36.0 Å². The van der Waals surface area contributed by atoms with E-state index < -0.39 is 11.8 Å². The third-order valence-corrected chi connectivity index (χ3v) is 3.26. The van der Waals surface area contributed by atoms with E-state index in [1.54, 1.807) is 12.1 Å². The quantitative estimate of drug-likeness (QED) is 0.624. The zero-order valence-electron chi connectivity index (χ0n) is 9.19. The first kappa shape index (κ1) is 10.9. The van der Waals surface area contributed by atoms with Crippen molar-refractivity contribution in [1.29, 1.82) is 0 Å². The molecule has 3 heteroatoms. The second kappa shape index (κ2) is 4.08. The maximum absolute atomic E-state index is 11.3. The zero-order valence-corrected chi connectivity index (χ0v) is 9.19. The van der Waals surface area contributed by atoms with Crippen molar-refractivity contribution in [3.8, 4) is 0 Å². The fourth-order valence-corrected chi connectivity index (χ4v) is 2.26. The summed E-state index contributed by atoms with van der Waals surface area (Å²) in [7, 11) is 0. The first-order valence-electron chi connectivity index (χ1n) is 5.51. The third kappa shape index (κ3) is 1.85. The van der Waals surface area contributed by atoms with Crippen molar-refractivity contribution >= 4 is 11.8 Å². The molecule has 0 radical (unpaired) electrons. The molecule has 0 aliphatic heterocycles. The highest BCUT2D eigenvalue weighted by molar-refractivity contribution is 6.39. The monoisotopic (exact) mass is 218 g/mol. The highest BCUT2D eigenvalue weighted by Gasteiger charge is 2.22. The predicted molar refractivity (Wildman–Crippen MR) is 59.6 cm³/mol. The van der Waals surface area contributed by atoms with Gasteiger partial charge in [0.05, 0.1) is 0 Å². The van der Waals surface area contributed by atoms with Gasteiger partial charge in [0, 0.05) is 5.56 Å². The van der Waals surface area contributed by atoms with E-state index in [1.807, 2.05) is 6.07 Å². The van der Waals surface area contributed by atoms with Crippen LogP contribution in [0.15, 0.2) is 18.2 Å². The van der Waals surface area contributed by atoms with Crippen LogP contribution in [0, 0.1) is 5.92 Å². The first-order valence-corrected chi connectivity index (χ1v) is 5.51. The van der Waals surface area contributed by atoms with E-state index in [9.17, 15) is 9.59 Å². The summed E-state index contributed by atoms with van der Waals surface area (Å²) in [6.45, 7) is 2.15. The summed E-state index contributed by atoms with van der Waals surface area (Å²) in [6, 6.07) is 5.25. The maximum Gasteiger partial charge on any atom is 0.377 e. The van der Waals surface area contributed by atoms with Crippen LogP contribution in [0.3, 0.4) is 0 Å². The van der Waals surface area contributed by atoms with Gasteiger partial charge in [0.2, 0.25) is 0 Å². The summed E-state index contributed by atoms with van der Waals surface area (Å²) >= 11 is 0. The largest absolute Gasteiger partial charge is 0.475 e. The van der Waals surface area contributed by atoms with Crippen molar-refractivity contribution in [3.63, 3.8) is 0 Å². The average molecular weight is 218 g/mol. The van der Waals surface area contributed by atoms with Crippen molar-refractivity contribution in [1.82, 2.24) is 0 Å². The molecule has 16 heavy (non-hydrogen) atoms. The van der Waals surface area contributed by atoms with Gasteiger partial charge in [-0.2, -0.15) is 0 Å². The number of carbonyl (C=O) groups excluding carboxylic acids is 1. The van der Waals surface area contributed by atoms with E-state index in [-0.39, 0.29) is 0 Å². The SMILES string of the molecule is CC[C@H]1Cc2ccc(C(=O)C(=O)O)cc2C1. The zero-order chi connectivity index (χ0) is 11.7. The number of Topliss-reactive ketones (excluding diaryl/α,β-unsaturated/α-hetero) is 1. The molecule has 0 fully saturated rings. The molecular weight excluding hydrogens is 204 g/mol. The first-order chi connectivity index (χ1) is 7.61. The van der Waals surface area contributed by atoms with Gasteiger partial charge in [-0.1, -0.05) is 25.5 Å². The molecule has 1 aromatic rings. The van der Waals surface area contributed by atoms with E-state index in [0.29, 0.717) is 11.5 Å². The molecule has 1 N–H and O–H groups in total. The van der Waals surface area contributed by atoms with Gasteiger partial charge in [0.1, 0.15) is 0 Å². The Labute approximate surface area is 94.1 Å². The normalized spacial score (nSPS) is 18.2. The highest BCUT2D eigenvalue weighted by atomic mass is 16.4. The fraction of sp³-hybridized carbons (Fsp3) is 0.385. The molecule has 0 unspecified atom stereocenters. The van der Waals surface area contributed by atoms with Gasteiger partial charge < -0.3 is 5.11 Å². The number of fused-ring (bicyclic) bond motifs is 1. The molecule has 0 amide bonds. The molecule has 0 spiro atoms. The third-order valence-electron chi connectivity index (χ3n) is 3.26. The topological polar surface area (TPSA) is 54.4 Å². The Kier molecular flexibility index (Phi) is 2.77. The van der Waals surface area contributed by atoms with Crippen molar-refractivity contribution in [3.05, 3.63) is 34.9 Å². The van der Waals surface area contributed by atoms with Gasteiger partial charge >= 0.3 is 5.97 Å². The smallest absolute Gasteiger partial charge is 0.377 e. The van der Waals surface area contributed by atoms with Crippen LogP contribution in [0.1, 0.15) is 34.8 Å². The lowest BCUT2D eigenvalue weighted by Gasteiger charge is -2.01. The van der Waals surface area contributed by atoms with Crippen LogP contribution < -0.4 is 0 Å². The van der Waals surface area contributed by atoms with E-state index in [1.165, 1.54) is 5.56 Å². The van der Waals surface area contributed by atoms with Crippen molar-refractivity contribution in [2.45, 2.75) is 26.2 Å². The molecule has 0 aromatic heterocycles. The van der Waals surface area contributed by atoms with Crippen molar-refractivity contribution in [2.24, 2.45) is 5.92 Å². The summed E-state index contributed by atoms with van der Waals surface area (Å²) in [6.07, 6.45) is 3.14.